The molecule has 2 aromatic heterocycles. The zero-order valence-corrected chi connectivity index (χ0v) is 21.0. The van der Waals surface area contributed by atoms with Crippen molar-refractivity contribution in [1.29, 1.82) is 0 Å². The van der Waals surface area contributed by atoms with Crippen LogP contribution in [0.3, 0.4) is 0 Å². The van der Waals surface area contributed by atoms with Gasteiger partial charge in [0, 0.05) is 13.1 Å². The molecule has 176 valence electrons. The normalized spacial score (nSPS) is 13.5. The quantitative estimate of drug-likeness (QED) is 0.330. The Balaban J connectivity index is 1.51. The summed E-state index contributed by atoms with van der Waals surface area (Å²) in [4.78, 5) is 3.40. The van der Waals surface area contributed by atoms with Crippen LogP contribution in [0.1, 0.15) is 11.1 Å². The second kappa shape index (κ2) is 9.61. The molecule has 2 aromatic carbocycles. The van der Waals surface area contributed by atoms with E-state index in [2.05, 4.69) is 23.1 Å². The topological polar surface area (TPSA) is 53.7 Å². The van der Waals surface area contributed by atoms with Gasteiger partial charge in [-0.2, -0.15) is 0 Å². The average Bonchev–Trinajstić information content (AvgIpc) is 3.51. The van der Waals surface area contributed by atoms with Crippen molar-refractivity contribution in [3.8, 4) is 33.6 Å². The molecule has 3 heterocycles. The minimum absolute atomic E-state index is 0.590. The molecule has 0 radical (unpaired) electrons. The lowest BCUT2D eigenvalue weighted by Crippen LogP contribution is -2.32. The molecule has 0 amide bonds. The Morgan fingerprint density at radius 1 is 0.941 bits per heavy atom. The fraction of sp³-hybridized carbons (Fsp3) is 0.280. The predicted molar refractivity (Wildman–Crippen MR) is 136 cm³/mol. The summed E-state index contributed by atoms with van der Waals surface area (Å²) in [6.07, 6.45) is 0.925. The minimum atomic E-state index is 0.590. The molecule has 0 aliphatic carbocycles. The zero-order valence-electron chi connectivity index (χ0n) is 19.4. The van der Waals surface area contributed by atoms with Gasteiger partial charge in [0.15, 0.2) is 17.3 Å². The molecule has 0 saturated heterocycles. The molecular weight excluding hydrogens is 468 g/mol. The summed E-state index contributed by atoms with van der Waals surface area (Å²) < 4.78 is 21.2. The van der Waals surface area contributed by atoms with E-state index in [0.29, 0.717) is 11.4 Å². The largest absolute Gasteiger partial charge is 0.495 e. The zero-order chi connectivity index (χ0) is 23.7. The van der Waals surface area contributed by atoms with Crippen LogP contribution in [0.15, 0.2) is 53.9 Å². The number of thiophene rings is 1. The number of aromatic nitrogens is 3. The van der Waals surface area contributed by atoms with Gasteiger partial charge in [-0.15, -0.1) is 16.4 Å². The highest BCUT2D eigenvalue weighted by molar-refractivity contribution is 7.71. The minimum Gasteiger partial charge on any atom is -0.495 e. The molecule has 1 aliphatic heterocycles. The van der Waals surface area contributed by atoms with Gasteiger partial charge >= 0.3 is 0 Å². The highest BCUT2D eigenvalue weighted by atomic mass is 32.1. The van der Waals surface area contributed by atoms with E-state index >= 15 is 0 Å². The third-order valence-corrected chi connectivity index (χ3v) is 7.30. The molecule has 0 spiro atoms. The van der Waals surface area contributed by atoms with Crippen LogP contribution in [0.2, 0.25) is 0 Å². The van der Waals surface area contributed by atoms with E-state index < -0.39 is 0 Å². The van der Waals surface area contributed by atoms with Crippen molar-refractivity contribution >= 4 is 23.6 Å². The third-order valence-electron chi connectivity index (χ3n) is 6.04. The third kappa shape index (κ3) is 4.11. The summed E-state index contributed by atoms with van der Waals surface area (Å²) >= 11 is 7.59. The first-order valence-corrected chi connectivity index (χ1v) is 12.2. The summed E-state index contributed by atoms with van der Waals surface area (Å²) in [5.74, 6) is 3.09. The molecule has 7 nitrogen and oxygen atoms in total. The van der Waals surface area contributed by atoms with E-state index in [1.165, 1.54) is 11.1 Å². The van der Waals surface area contributed by atoms with Crippen LogP contribution in [0.25, 0.3) is 16.4 Å². The molecular formula is C25H26N4O3S2. The van der Waals surface area contributed by atoms with Gasteiger partial charge in [0.05, 0.1) is 38.6 Å². The van der Waals surface area contributed by atoms with Gasteiger partial charge in [-0.05, 0) is 65.5 Å². The highest BCUT2D eigenvalue weighted by Gasteiger charge is 2.23. The fourth-order valence-corrected chi connectivity index (χ4v) is 5.33. The van der Waals surface area contributed by atoms with E-state index in [9.17, 15) is 0 Å². The van der Waals surface area contributed by atoms with Crippen molar-refractivity contribution in [3.05, 3.63) is 69.8 Å². The van der Waals surface area contributed by atoms with Crippen LogP contribution in [-0.4, -0.2) is 47.1 Å². The second-order valence-electron chi connectivity index (χ2n) is 8.01. The summed E-state index contributed by atoms with van der Waals surface area (Å²) in [5.41, 5.74) is 3.40. The van der Waals surface area contributed by atoms with Crippen molar-refractivity contribution < 1.29 is 14.2 Å². The number of rotatable bonds is 7. The summed E-state index contributed by atoms with van der Waals surface area (Å²) in [7, 11) is 5.01. The number of benzene rings is 2. The lowest BCUT2D eigenvalue weighted by molar-refractivity contribution is 0.187. The molecule has 0 unspecified atom stereocenters. The van der Waals surface area contributed by atoms with Gasteiger partial charge < -0.3 is 14.2 Å². The number of fused-ring (bicyclic) bond motifs is 1. The maximum absolute atomic E-state index is 5.94. The smallest absolute Gasteiger partial charge is 0.204 e. The highest BCUT2D eigenvalue weighted by Crippen LogP contribution is 2.34. The number of ether oxygens (including phenoxy) is 3. The maximum atomic E-state index is 5.94. The van der Waals surface area contributed by atoms with Crippen molar-refractivity contribution in [1.82, 2.24) is 19.2 Å². The Hall–Kier alpha value is -3.14. The first-order valence-electron chi connectivity index (χ1n) is 11.0. The van der Waals surface area contributed by atoms with Crippen LogP contribution < -0.4 is 14.2 Å². The van der Waals surface area contributed by atoms with Crippen LogP contribution in [0, 0.1) is 4.77 Å². The summed E-state index contributed by atoms with van der Waals surface area (Å²) in [5, 5.41) is 7.01. The first kappa shape index (κ1) is 22.6. The van der Waals surface area contributed by atoms with Gasteiger partial charge in [0.1, 0.15) is 5.75 Å². The standard InChI is InChI=1S/C25H26N4O3S2/c1-30-20-8-5-4-7-19(20)29-24(23-9-6-12-34-23)26-28(25(29)33)16-27-11-10-17-13-21(31-2)22(32-3)14-18(17)15-27/h4-9,12-14H,10-11,15-16H2,1-3H3. The Morgan fingerprint density at radius 2 is 1.68 bits per heavy atom. The van der Waals surface area contributed by atoms with Crippen molar-refractivity contribution in [2.45, 2.75) is 19.6 Å². The molecule has 5 rings (SSSR count). The number of para-hydroxylation sites is 2. The van der Waals surface area contributed by atoms with E-state index in [1.807, 2.05) is 45.0 Å². The number of hydrogen-bond donors (Lipinski definition) is 0. The van der Waals surface area contributed by atoms with Crippen LogP contribution in [-0.2, 0) is 19.6 Å². The predicted octanol–water partition coefficient (Wildman–Crippen LogP) is 5.17. The Morgan fingerprint density at radius 3 is 2.38 bits per heavy atom. The van der Waals surface area contributed by atoms with E-state index in [1.54, 1.807) is 32.7 Å². The molecule has 0 fully saturated rings. The molecule has 9 heteroatoms. The van der Waals surface area contributed by atoms with Gasteiger partial charge in [0.25, 0.3) is 0 Å². The molecule has 0 bridgehead atoms. The van der Waals surface area contributed by atoms with E-state index in [-0.39, 0.29) is 0 Å². The van der Waals surface area contributed by atoms with Crippen LogP contribution in [0.4, 0.5) is 0 Å². The van der Waals surface area contributed by atoms with Gasteiger partial charge in [0.2, 0.25) is 4.77 Å². The Bertz CT molecular complexity index is 1360. The molecule has 34 heavy (non-hydrogen) atoms. The average molecular weight is 495 g/mol. The van der Waals surface area contributed by atoms with Gasteiger partial charge in [-0.1, -0.05) is 18.2 Å². The summed E-state index contributed by atoms with van der Waals surface area (Å²) in [6.45, 7) is 2.28. The summed E-state index contributed by atoms with van der Waals surface area (Å²) in [6, 6.07) is 16.1. The fourth-order valence-electron chi connectivity index (χ4n) is 4.35. The number of methoxy groups -OCH3 is 3. The number of nitrogens with zero attached hydrogens (tertiary/aromatic N) is 4. The molecule has 0 N–H and O–H groups in total. The van der Waals surface area contributed by atoms with Crippen molar-refractivity contribution in [2.24, 2.45) is 0 Å². The van der Waals surface area contributed by atoms with Crippen LogP contribution >= 0.6 is 23.6 Å². The van der Waals surface area contributed by atoms with E-state index in [4.69, 9.17) is 31.5 Å². The Labute approximate surface area is 207 Å². The van der Waals surface area contributed by atoms with Crippen LogP contribution in [0.5, 0.6) is 17.2 Å². The maximum Gasteiger partial charge on any atom is 0.204 e. The molecule has 4 aromatic rings. The Kier molecular flexibility index (Phi) is 6.40. The SMILES string of the molecule is COc1cc2c(cc1OC)CN(Cn1nc(-c3cccs3)n(-c3ccccc3OC)c1=S)CC2. The van der Waals surface area contributed by atoms with E-state index in [0.717, 1.165) is 53.1 Å². The van der Waals surface area contributed by atoms with Gasteiger partial charge in [-0.25, -0.2) is 4.68 Å². The molecule has 0 saturated carbocycles. The molecule has 1 aliphatic rings. The second-order valence-corrected chi connectivity index (χ2v) is 9.32. The lowest BCUT2D eigenvalue weighted by Gasteiger charge is -2.29. The first-order chi connectivity index (χ1) is 16.6. The van der Waals surface area contributed by atoms with Gasteiger partial charge in [-0.3, -0.25) is 9.47 Å². The monoisotopic (exact) mass is 494 g/mol. The number of hydrogen-bond acceptors (Lipinski definition) is 7. The van der Waals surface area contributed by atoms with Crippen molar-refractivity contribution in [2.75, 3.05) is 27.9 Å². The lowest BCUT2D eigenvalue weighted by atomic mass is 9.99. The van der Waals surface area contributed by atoms with Crippen molar-refractivity contribution in [3.63, 3.8) is 0 Å². The molecule has 0 atom stereocenters.